The van der Waals surface area contributed by atoms with Gasteiger partial charge in [-0.1, -0.05) is 18.2 Å². The summed E-state index contributed by atoms with van der Waals surface area (Å²) in [5.41, 5.74) is 0.967. The van der Waals surface area contributed by atoms with Crippen molar-refractivity contribution < 1.29 is 31.1 Å². The maximum atomic E-state index is 13.9. The molecule has 0 saturated heterocycles. The van der Waals surface area contributed by atoms with E-state index in [1.807, 2.05) is 0 Å². The van der Waals surface area contributed by atoms with Crippen molar-refractivity contribution in [1.82, 2.24) is 4.90 Å². The molecule has 2 heterocycles. The number of nitrogens with zero attached hydrogens (tertiary/aromatic N) is 2. The van der Waals surface area contributed by atoms with E-state index in [-0.39, 0.29) is 69.7 Å². The van der Waals surface area contributed by atoms with Gasteiger partial charge in [0.1, 0.15) is 22.0 Å². The van der Waals surface area contributed by atoms with E-state index in [1.165, 1.54) is 30.3 Å². The zero-order chi connectivity index (χ0) is 27.0. The highest BCUT2D eigenvalue weighted by atomic mass is 32.2. The fourth-order valence-corrected chi connectivity index (χ4v) is 8.50. The van der Waals surface area contributed by atoms with Gasteiger partial charge < -0.3 is 15.3 Å². The van der Waals surface area contributed by atoms with Crippen LogP contribution in [0, 0.1) is 23.6 Å². The number of hydrogen-bond donors (Lipinski definition) is 2. The number of carbonyl (C=O) groups is 1. The molecule has 4 aliphatic rings. The number of sulfonamides is 1. The summed E-state index contributed by atoms with van der Waals surface area (Å²) in [7, 11) is -7.70. The van der Waals surface area contributed by atoms with Crippen LogP contribution in [0.3, 0.4) is 0 Å². The van der Waals surface area contributed by atoms with Crippen LogP contribution in [-0.4, -0.2) is 50.9 Å². The van der Waals surface area contributed by atoms with E-state index >= 15 is 0 Å². The standard InChI is InChI=1S/C26H26FN3O6S2/c1-37(33,34)13-15-4-9-19-20(10-15)38(35,36)29-25(28-19)22-24(31)21-16-5-6-17(11-16)23(21)30(26(22)32)12-14-2-7-18(27)8-3-14/h2-4,7-10,16-17,21,23,31H,5-6,11-13H2,1H3,(H,28,29)/t16?,17?,21-,23+/m0/s1. The Kier molecular flexibility index (Phi) is 5.69. The number of fused-ring (bicyclic) bond motifs is 6. The first-order chi connectivity index (χ1) is 17.9. The van der Waals surface area contributed by atoms with Crippen LogP contribution in [0.1, 0.15) is 30.4 Å². The van der Waals surface area contributed by atoms with Crippen LogP contribution in [0.2, 0.25) is 0 Å². The Labute approximate surface area is 220 Å². The first kappa shape index (κ1) is 25.1. The lowest BCUT2D eigenvalue weighted by Gasteiger charge is -2.44. The molecule has 12 heteroatoms. The van der Waals surface area contributed by atoms with Crippen molar-refractivity contribution in [2.24, 2.45) is 22.2 Å². The summed E-state index contributed by atoms with van der Waals surface area (Å²) in [5, 5.41) is 14.3. The molecule has 200 valence electrons. The Morgan fingerprint density at radius 3 is 2.50 bits per heavy atom. The van der Waals surface area contributed by atoms with Crippen molar-refractivity contribution >= 4 is 37.3 Å². The van der Waals surface area contributed by atoms with Crippen LogP contribution < -0.4 is 5.32 Å². The van der Waals surface area contributed by atoms with Crippen LogP contribution in [0.15, 0.2) is 63.1 Å². The smallest absolute Gasteiger partial charge is 0.286 e. The molecule has 2 aliphatic heterocycles. The summed E-state index contributed by atoms with van der Waals surface area (Å²) < 4.78 is 67.1. The largest absolute Gasteiger partial charge is 0.511 e. The van der Waals surface area contributed by atoms with Crippen molar-refractivity contribution in [1.29, 1.82) is 0 Å². The topological polar surface area (TPSA) is 133 Å². The normalized spacial score (nSPS) is 27.6. The molecule has 1 amide bonds. The van der Waals surface area contributed by atoms with Gasteiger partial charge in [-0.25, -0.2) is 12.8 Å². The molecule has 2 aromatic rings. The fraction of sp³-hybridized carbons (Fsp3) is 0.385. The van der Waals surface area contributed by atoms with Crippen molar-refractivity contribution in [3.8, 4) is 0 Å². The minimum Gasteiger partial charge on any atom is -0.511 e. The first-order valence-electron chi connectivity index (χ1n) is 12.3. The Morgan fingerprint density at radius 1 is 1.11 bits per heavy atom. The predicted molar refractivity (Wildman–Crippen MR) is 138 cm³/mol. The van der Waals surface area contributed by atoms with E-state index in [9.17, 15) is 31.1 Å². The number of nitrogens with one attached hydrogen (secondary N) is 1. The Bertz CT molecular complexity index is 1630. The van der Waals surface area contributed by atoms with Crippen molar-refractivity contribution in [3.05, 3.63) is 70.7 Å². The van der Waals surface area contributed by atoms with E-state index < -0.39 is 25.8 Å². The van der Waals surface area contributed by atoms with Gasteiger partial charge in [0.25, 0.3) is 15.9 Å². The SMILES string of the molecule is CS(=O)(=O)Cc1ccc2c(c1)S(=O)(=O)N=C(C1=C(O)[C@H]3C4CCC(C4)[C@H]3N(Cc3ccc(F)cc3)C1=O)N2. The highest BCUT2D eigenvalue weighted by Crippen LogP contribution is 2.55. The third-order valence-corrected chi connectivity index (χ3v) is 10.2. The molecule has 2 unspecified atom stereocenters. The zero-order valence-electron chi connectivity index (χ0n) is 20.5. The van der Waals surface area contributed by atoms with E-state index in [0.29, 0.717) is 5.56 Å². The molecule has 2 fully saturated rings. The number of rotatable bonds is 5. The number of hydrogen-bond acceptors (Lipinski definition) is 7. The lowest BCUT2D eigenvalue weighted by atomic mass is 9.77. The van der Waals surface area contributed by atoms with Gasteiger partial charge in [0.05, 0.1) is 11.4 Å². The molecule has 4 atom stereocenters. The number of amides is 1. The maximum Gasteiger partial charge on any atom is 0.286 e. The number of benzene rings is 2. The van der Waals surface area contributed by atoms with Gasteiger partial charge in [-0.2, -0.15) is 8.42 Å². The van der Waals surface area contributed by atoms with Crippen molar-refractivity contribution in [2.75, 3.05) is 11.6 Å². The maximum absolute atomic E-state index is 13.9. The molecule has 2 N–H and O–H groups in total. The highest BCUT2D eigenvalue weighted by molar-refractivity contribution is 7.90. The molecular weight excluding hydrogens is 533 g/mol. The Hall–Kier alpha value is -3.25. The van der Waals surface area contributed by atoms with Crippen LogP contribution in [0.4, 0.5) is 10.1 Å². The minimum absolute atomic E-state index is 0.139. The minimum atomic E-state index is -4.31. The molecule has 2 aromatic carbocycles. The molecule has 6 rings (SSSR count). The molecule has 0 radical (unpaired) electrons. The molecule has 0 spiro atoms. The van der Waals surface area contributed by atoms with Gasteiger partial charge in [-0.15, -0.1) is 4.40 Å². The van der Waals surface area contributed by atoms with E-state index in [2.05, 4.69) is 9.71 Å². The van der Waals surface area contributed by atoms with Crippen molar-refractivity contribution in [2.45, 2.75) is 42.5 Å². The molecular formula is C26H26FN3O6S2. The first-order valence-corrected chi connectivity index (χ1v) is 15.8. The molecule has 9 nitrogen and oxygen atoms in total. The Balaban J connectivity index is 1.41. The van der Waals surface area contributed by atoms with Gasteiger partial charge in [0, 0.05) is 24.8 Å². The monoisotopic (exact) mass is 559 g/mol. The van der Waals surface area contributed by atoms with Crippen LogP contribution >= 0.6 is 0 Å². The number of amidine groups is 1. The fourth-order valence-electron chi connectivity index (χ4n) is 6.54. The Morgan fingerprint density at radius 2 is 1.79 bits per heavy atom. The molecule has 2 bridgehead atoms. The number of anilines is 1. The van der Waals surface area contributed by atoms with Crippen molar-refractivity contribution in [3.63, 3.8) is 0 Å². The van der Waals surface area contributed by atoms with Gasteiger partial charge in [-0.05, 0) is 66.5 Å². The summed E-state index contributed by atoms with van der Waals surface area (Å²) in [6, 6.07) is 9.81. The average Bonchev–Trinajstić information content (AvgIpc) is 3.45. The lowest BCUT2D eigenvalue weighted by molar-refractivity contribution is -0.134. The summed E-state index contributed by atoms with van der Waals surface area (Å²) >= 11 is 0. The van der Waals surface area contributed by atoms with E-state index in [0.717, 1.165) is 31.1 Å². The molecule has 2 aliphatic carbocycles. The molecule has 2 saturated carbocycles. The second-order valence-corrected chi connectivity index (χ2v) is 14.3. The second kappa shape index (κ2) is 8.63. The predicted octanol–water partition coefficient (Wildman–Crippen LogP) is 3.15. The van der Waals surface area contributed by atoms with Crippen LogP contribution in [-0.2, 0) is 37.0 Å². The van der Waals surface area contributed by atoms with Gasteiger partial charge in [0.2, 0.25) is 0 Å². The molecule has 0 aromatic heterocycles. The lowest BCUT2D eigenvalue weighted by Crippen LogP contribution is -2.53. The van der Waals surface area contributed by atoms with Gasteiger partial charge in [0.15, 0.2) is 15.7 Å². The number of halogens is 1. The average molecular weight is 560 g/mol. The van der Waals surface area contributed by atoms with Gasteiger partial charge in [-0.3, -0.25) is 4.79 Å². The van der Waals surface area contributed by atoms with Crippen LogP contribution in [0.5, 0.6) is 0 Å². The third-order valence-electron chi connectivity index (χ3n) is 8.00. The quantitative estimate of drug-likeness (QED) is 0.575. The summed E-state index contributed by atoms with van der Waals surface area (Å²) in [6.45, 7) is 0.186. The van der Waals surface area contributed by atoms with Gasteiger partial charge >= 0.3 is 0 Å². The summed E-state index contributed by atoms with van der Waals surface area (Å²) in [6.07, 6.45) is 3.77. The van der Waals surface area contributed by atoms with E-state index in [1.54, 1.807) is 17.0 Å². The number of carbonyl (C=O) groups excluding carboxylic acids is 1. The number of aliphatic hydroxyl groups excluding tert-OH is 1. The number of aliphatic hydroxyl groups is 1. The second-order valence-electron chi connectivity index (χ2n) is 10.6. The third kappa shape index (κ3) is 4.19. The summed E-state index contributed by atoms with van der Waals surface area (Å²) in [4.78, 5) is 15.4. The number of sulfone groups is 1. The highest BCUT2D eigenvalue weighted by Gasteiger charge is 2.57. The molecule has 38 heavy (non-hydrogen) atoms. The summed E-state index contributed by atoms with van der Waals surface area (Å²) in [5.74, 6) is -1.64. The van der Waals surface area contributed by atoms with E-state index in [4.69, 9.17) is 0 Å². The van der Waals surface area contributed by atoms with Crippen LogP contribution in [0.25, 0.3) is 0 Å². The zero-order valence-corrected chi connectivity index (χ0v) is 22.1.